The molecule has 0 spiro atoms. The van der Waals surface area contributed by atoms with Crippen molar-refractivity contribution >= 4 is 17.5 Å². The highest BCUT2D eigenvalue weighted by molar-refractivity contribution is 6.31. The van der Waals surface area contributed by atoms with Gasteiger partial charge < -0.3 is 24.6 Å². The smallest absolute Gasteiger partial charge is 0.227 e. The third-order valence-electron chi connectivity index (χ3n) is 4.85. The Kier molecular flexibility index (Phi) is 4.90. The molecule has 0 aliphatic carbocycles. The van der Waals surface area contributed by atoms with E-state index < -0.39 is 11.7 Å². The molecule has 0 aromatic heterocycles. The Morgan fingerprint density at radius 3 is 2.67 bits per heavy atom. The summed E-state index contributed by atoms with van der Waals surface area (Å²) in [5.74, 6) is 1.04. The van der Waals surface area contributed by atoms with Crippen molar-refractivity contribution < 1.29 is 24.5 Å². The van der Waals surface area contributed by atoms with Crippen LogP contribution in [0.2, 0.25) is 5.02 Å². The van der Waals surface area contributed by atoms with Crippen LogP contribution in [-0.4, -0.2) is 59.0 Å². The van der Waals surface area contributed by atoms with Crippen LogP contribution in [0.3, 0.4) is 0 Å². The molecular weight excluding hydrogens is 334 g/mol. The molecule has 7 heteroatoms. The number of nitrogens with zero attached hydrogens (tertiary/aromatic N) is 1. The third-order valence-corrected chi connectivity index (χ3v) is 5.20. The first-order valence-corrected chi connectivity index (χ1v) is 8.57. The number of aliphatic hydroxyl groups is 2. The molecule has 1 aromatic rings. The van der Waals surface area contributed by atoms with E-state index >= 15 is 0 Å². The van der Waals surface area contributed by atoms with Gasteiger partial charge in [-0.3, -0.25) is 4.79 Å². The van der Waals surface area contributed by atoms with Crippen molar-refractivity contribution in [2.24, 2.45) is 0 Å². The van der Waals surface area contributed by atoms with Crippen molar-refractivity contribution in [2.75, 3.05) is 26.3 Å². The number of hydrogen-bond donors (Lipinski definition) is 2. The number of β-amino-alcohol motifs (C(OH)–C–C–N with tert-alkyl or cyclic N) is 1. The average Bonchev–Trinajstić information content (AvgIpc) is 2.58. The largest absolute Gasteiger partial charge is 0.486 e. The van der Waals surface area contributed by atoms with Gasteiger partial charge in [0.1, 0.15) is 19.3 Å². The second-order valence-electron chi connectivity index (χ2n) is 6.33. The zero-order valence-corrected chi connectivity index (χ0v) is 14.4. The number of fused-ring (bicyclic) bond motifs is 1. The quantitative estimate of drug-likeness (QED) is 0.856. The highest BCUT2D eigenvalue weighted by Gasteiger charge is 2.40. The van der Waals surface area contributed by atoms with E-state index in [9.17, 15) is 15.0 Å². The number of amides is 1. The molecule has 2 atom stereocenters. The van der Waals surface area contributed by atoms with E-state index in [1.165, 1.54) is 0 Å². The molecule has 1 fully saturated rings. The van der Waals surface area contributed by atoms with Crippen molar-refractivity contribution in [1.29, 1.82) is 0 Å². The maximum Gasteiger partial charge on any atom is 0.227 e. The number of likely N-dealkylation sites (tertiary alicyclic amines) is 1. The number of hydrogen-bond acceptors (Lipinski definition) is 5. The molecule has 1 saturated heterocycles. The predicted octanol–water partition coefficient (Wildman–Crippen LogP) is 1.39. The van der Waals surface area contributed by atoms with Crippen LogP contribution in [0.1, 0.15) is 25.3 Å². The molecule has 132 valence electrons. The monoisotopic (exact) mass is 355 g/mol. The first-order chi connectivity index (χ1) is 11.4. The maximum atomic E-state index is 12.5. The maximum absolute atomic E-state index is 12.5. The van der Waals surface area contributed by atoms with Crippen molar-refractivity contribution in [2.45, 2.75) is 37.9 Å². The minimum atomic E-state index is -1.11. The normalized spacial score (nSPS) is 26.3. The van der Waals surface area contributed by atoms with Crippen molar-refractivity contribution in [3.63, 3.8) is 0 Å². The van der Waals surface area contributed by atoms with Crippen molar-refractivity contribution in [3.05, 3.63) is 22.7 Å². The first-order valence-electron chi connectivity index (χ1n) is 8.19. The number of halogens is 1. The van der Waals surface area contributed by atoms with E-state index in [-0.39, 0.29) is 18.9 Å². The summed E-state index contributed by atoms with van der Waals surface area (Å²) in [6.07, 6.45) is 0.0123. The minimum absolute atomic E-state index is 0.118. The van der Waals surface area contributed by atoms with E-state index in [0.29, 0.717) is 54.7 Å². The standard InChI is InChI=1S/C17H22ClNO5/c1-2-17(22)3-4-19(10-15(17)20)16(21)8-11-7-13-14(9-12(11)18)24-6-5-23-13/h7,9,15,20,22H,2-6,8,10H2,1H3/t15-,17-/m0/s1. The van der Waals surface area contributed by atoms with E-state index in [1.807, 2.05) is 6.92 Å². The fraction of sp³-hybridized carbons (Fsp3) is 0.588. The summed E-state index contributed by atoms with van der Waals surface area (Å²) < 4.78 is 11.0. The van der Waals surface area contributed by atoms with Gasteiger partial charge in [0.05, 0.1) is 12.0 Å². The van der Waals surface area contributed by atoms with Gasteiger partial charge in [0.2, 0.25) is 5.91 Å². The van der Waals surface area contributed by atoms with E-state index in [2.05, 4.69) is 0 Å². The SMILES string of the molecule is CC[C@]1(O)CCN(C(=O)Cc2cc3c(cc2Cl)OCCO3)C[C@@H]1O. The number of aliphatic hydroxyl groups excluding tert-OH is 1. The van der Waals surface area contributed by atoms with Crippen LogP contribution in [0.25, 0.3) is 0 Å². The summed E-state index contributed by atoms with van der Waals surface area (Å²) in [5, 5.41) is 20.8. The van der Waals surface area contributed by atoms with Gasteiger partial charge in [0.15, 0.2) is 11.5 Å². The van der Waals surface area contributed by atoms with Crippen LogP contribution < -0.4 is 9.47 Å². The number of carbonyl (C=O) groups is 1. The molecule has 0 saturated carbocycles. The lowest BCUT2D eigenvalue weighted by molar-refractivity contribution is -0.149. The number of benzene rings is 1. The van der Waals surface area contributed by atoms with Crippen molar-refractivity contribution in [3.8, 4) is 11.5 Å². The van der Waals surface area contributed by atoms with Crippen LogP contribution in [0.5, 0.6) is 11.5 Å². The summed E-state index contributed by atoms with van der Waals surface area (Å²) in [6, 6.07) is 3.40. The van der Waals surface area contributed by atoms with Crippen LogP contribution in [0.4, 0.5) is 0 Å². The van der Waals surface area contributed by atoms with Gasteiger partial charge >= 0.3 is 0 Å². The molecule has 0 radical (unpaired) electrons. The number of carbonyl (C=O) groups excluding carboxylic acids is 1. The molecule has 2 N–H and O–H groups in total. The molecule has 2 heterocycles. The minimum Gasteiger partial charge on any atom is -0.486 e. The number of ether oxygens (including phenoxy) is 2. The Bertz CT molecular complexity index is 638. The van der Waals surface area contributed by atoms with E-state index in [0.717, 1.165) is 0 Å². The summed E-state index contributed by atoms with van der Waals surface area (Å²) >= 11 is 6.24. The zero-order valence-electron chi connectivity index (χ0n) is 13.6. The zero-order chi connectivity index (χ0) is 17.3. The van der Waals surface area contributed by atoms with Gasteiger partial charge in [0.25, 0.3) is 0 Å². The van der Waals surface area contributed by atoms with Gasteiger partial charge in [-0.2, -0.15) is 0 Å². The highest BCUT2D eigenvalue weighted by atomic mass is 35.5. The summed E-state index contributed by atoms with van der Waals surface area (Å²) in [6.45, 7) is 3.33. The van der Waals surface area contributed by atoms with Crippen LogP contribution in [0, 0.1) is 0 Å². The Morgan fingerprint density at radius 1 is 1.38 bits per heavy atom. The first kappa shape index (κ1) is 17.3. The number of piperidine rings is 1. The molecule has 1 aromatic carbocycles. The Hall–Kier alpha value is -1.50. The fourth-order valence-electron chi connectivity index (χ4n) is 3.12. The average molecular weight is 356 g/mol. The molecule has 1 amide bonds. The summed E-state index contributed by atoms with van der Waals surface area (Å²) in [5.41, 5.74) is -0.442. The highest BCUT2D eigenvalue weighted by Crippen LogP contribution is 2.36. The van der Waals surface area contributed by atoms with Gasteiger partial charge in [-0.05, 0) is 24.5 Å². The lowest BCUT2D eigenvalue weighted by atomic mass is 9.86. The van der Waals surface area contributed by atoms with Gasteiger partial charge in [-0.15, -0.1) is 0 Å². The van der Waals surface area contributed by atoms with Crippen LogP contribution in [-0.2, 0) is 11.2 Å². The molecule has 3 rings (SSSR count). The summed E-state index contributed by atoms with van der Waals surface area (Å²) in [4.78, 5) is 14.1. The second kappa shape index (κ2) is 6.78. The van der Waals surface area contributed by atoms with E-state index in [4.69, 9.17) is 21.1 Å². The molecule has 0 bridgehead atoms. The van der Waals surface area contributed by atoms with E-state index in [1.54, 1.807) is 17.0 Å². The molecule has 2 aliphatic heterocycles. The van der Waals surface area contributed by atoms with Crippen LogP contribution in [0.15, 0.2) is 12.1 Å². The Labute approximate surface area is 145 Å². The fourth-order valence-corrected chi connectivity index (χ4v) is 3.34. The lowest BCUT2D eigenvalue weighted by Gasteiger charge is -2.41. The van der Waals surface area contributed by atoms with Gasteiger partial charge in [0, 0.05) is 24.2 Å². The van der Waals surface area contributed by atoms with Gasteiger partial charge in [-0.1, -0.05) is 18.5 Å². The van der Waals surface area contributed by atoms with Crippen LogP contribution >= 0.6 is 11.6 Å². The molecule has 6 nitrogen and oxygen atoms in total. The van der Waals surface area contributed by atoms with Crippen molar-refractivity contribution in [1.82, 2.24) is 4.90 Å². The Morgan fingerprint density at radius 2 is 2.04 bits per heavy atom. The number of rotatable bonds is 3. The Balaban J connectivity index is 1.69. The molecular formula is C17H22ClNO5. The predicted molar refractivity (Wildman–Crippen MR) is 88.6 cm³/mol. The topological polar surface area (TPSA) is 79.2 Å². The molecule has 2 aliphatic rings. The molecule has 0 unspecified atom stereocenters. The second-order valence-corrected chi connectivity index (χ2v) is 6.73. The lowest BCUT2D eigenvalue weighted by Crippen LogP contribution is -2.56. The third kappa shape index (κ3) is 3.31. The molecule has 24 heavy (non-hydrogen) atoms. The summed E-state index contributed by atoms with van der Waals surface area (Å²) in [7, 11) is 0. The van der Waals surface area contributed by atoms with Gasteiger partial charge in [-0.25, -0.2) is 0 Å².